The van der Waals surface area contributed by atoms with Crippen molar-refractivity contribution in [1.29, 1.82) is 0 Å². The molecule has 1 unspecified atom stereocenters. The van der Waals surface area contributed by atoms with Gasteiger partial charge in [0.05, 0.1) is 5.54 Å². The van der Waals surface area contributed by atoms with Gasteiger partial charge in [-0.15, -0.1) is 0 Å². The maximum Gasteiger partial charge on any atom is 0.240 e. The number of hydrogen-bond acceptors (Lipinski definition) is 5. The number of aryl methyl sites for hydroxylation is 1. The van der Waals surface area contributed by atoms with Crippen LogP contribution in [0.25, 0.3) is 0 Å². The predicted octanol–water partition coefficient (Wildman–Crippen LogP) is 0.569. The molecule has 1 aliphatic heterocycles. The minimum Gasteiger partial charge on any atom is -0.354 e. The summed E-state index contributed by atoms with van der Waals surface area (Å²) in [5.74, 6) is 1.24. The van der Waals surface area contributed by atoms with Gasteiger partial charge in [0, 0.05) is 13.0 Å². The first kappa shape index (κ1) is 13.0. The van der Waals surface area contributed by atoms with Gasteiger partial charge in [-0.3, -0.25) is 4.79 Å². The number of amides is 1. The van der Waals surface area contributed by atoms with Gasteiger partial charge < -0.3 is 15.2 Å². The fourth-order valence-electron chi connectivity index (χ4n) is 2.17. The Hall–Kier alpha value is -1.43. The first-order chi connectivity index (χ1) is 8.60. The van der Waals surface area contributed by atoms with Gasteiger partial charge in [-0.05, 0) is 39.7 Å². The summed E-state index contributed by atoms with van der Waals surface area (Å²) in [5, 5.41) is 9.91. The van der Waals surface area contributed by atoms with Crippen LogP contribution in [0.15, 0.2) is 4.52 Å². The second kappa shape index (κ2) is 5.48. The molecule has 18 heavy (non-hydrogen) atoms. The number of hydrogen-bond donors (Lipinski definition) is 2. The molecule has 0 aromatic carbocycles. The van der Waals surface area contributed by atoms with Gasteiger partial charge in [0.2, 0.25) is 11.8 Å². The zero-order valence-electron chi connectivity index (χ0n) is 11.0. The highest BCUT2D eigenvalue weighted by Gasteiger charge is 2.33. The van der Waals surface area contributed by atoms with Crippen molar-refractivity contribution in [1.82, 2.24) is 20.8 Å². The van der Waals surface area contributed by atoms with Crippen molar-refractivity contribution >= 4 is 5.91 Å². The summed E-state index contributed by atoms with van der Waals surface area (Å²) in [4.78, 5) is 16.2. The van der Waals surface area contributed by atoms with Crippen LogP contribution in [0.2, 0.25) is 0 Å². The van der Waals surface area contributed by atoms with E-state index < -0.39 is 5.54 Å². The largest absolute Gasteiger partial charge is 0.354 e. The molecule has 2 N–H and O–H groups in total. The zero-order valence-corrected chi connectivity index (χ0v) is 11.0. The summed E-state index contributed by atoms with van der Waals surface area (Å²) in [6.07, 6.45) is 3.70. The van der Waals surface area contributed by atoms with Crippen LogP contribution in [0.3, 0.4) is 0 Å². The molecular formula is C12H20N4O2. The Morgan fingerprint density at radius 2 is 2.39 bits per heavy atom. The molecule has 1 fully saturated rings. The molecule has 1 aliphatic rings. The normalized spacial score (nSPS) is 23.9. The van der Waals surface area contributed by atoms with E-state index in [-0.39, 0.29) is 5.91 Å². The summed E-state index contributed by atoms with van der Waals surface area (Å²) < 4.78 is 4.99. The van der Waals surface area contributed by atoms with Crippen molar-refractivity contribution in [3.63, 3.8) is 0 Å². The van der Waals surface area contributed by atoms with E-state index in [2.05, 4.69) is 20.8 Å². The topological polar surface area (TPSA) is 80.0 Å². The van der Waals surface area contributed by atoms with Crippen molar-refractivity contribution in [2.24, 2.45) is 0 Å². The van der Waals surface area contributed by atoms with Crippen LogP contribution in [-0.4, -0.2) is 34.7 Å². The van der Waals surface area contributed by atoms with Gasteiger partial charge in [0.15, 0.2) is 5.82 Å². The average molecular weight is 252 g/mol. The first-order valence-electron chi connectivity index (χ1n) is 6.43. The molecule has 1 amide bonds. The lowest BCUT2D eigenvalue weighted by molar-refractivity contribution is -0.127. The van der Waals surface area contributed by atoms with E-state index in [1.807, 2.05) is 6.92 Å². The van der Waals surface area contributed by atoms with Gasteiger partial charge in [0.25, 0.3) is 0 Å². The molecule has 2 rings (SSSR count). The van der Waals surface area contributed by atoms with Gasteiger partial charge >= 0.3 is 0 Å². The molecule has 6 nitrogen and oxygen atoms in total. The standard InChI is InChI=1S/C12H20N4O2/c1-9-15-10(18-16-9)5-8-13-11(17)12(2)6-3-4-7-14-12/h14H,3-8H2,1-2H3,(H,13,17). The average Bonchev–Trinajstić information content (AvgIpc) is 2.76. The molecule has 6 heteroatoms. The fraction of sp³-hybridized carbons (Fsp3) is 0.750. The Morgan fingerprint density at radius 3 is 3.00 bits per heavy atom. The van der Waals surface area contributed by atoms with Gasteiger partial charge in [-0.1, -0.05) is 5.16 Å². The molecule has 0 spiro atoms. The second-order valence-electron chi connectivity index (χ2n) is 4.96. The highest BCUT2D eigenvalue weighted by molar-refractivity contribution is 5.85. The quantitative estimate of drug-likeness (QED) is 0.819. The zero-order chi connectivity index (χ0) is 13.0. The third-order valence-corrected chi connectivity index (χ3v) is 3.31. The molecule has 1 aromatic rings. The maximum absolute atomic E-state index is 12.1. The van der Waals surface area contributed by atoms with E-state index >= 15 is 0 Å². The van der Waals surface area contributed by atoms with E-state index in [1.54, 1.807) is 6.92 Å². The number of nitrogens with one attached hydrogen (secondary N) is 2. The van der Waals surface area contributed by atoms with Crippen LogP contribution in [0.5, 0.6) is 0 Å². The number of piperidine rings is 1. The van der Waals surface area contributed by atoms with E-state index in [1.165, 1.54) is 0 Å². The number of nitrogens with zero attached hydrogens (tertiary/aromatic N) is 2. The lowest BCUT2D eigenvalue weighted by Crippen LogP contribution is -2.57. The van der Waals surface area contributed by atoms with Gasteiger partial charge in [0.1, 0.15) is 0 Å². The van der Waals surface area contributed by atoms with Crippen molar-refractivity contribution in [3.05, 3.63) is 11.7 Å². The summed E-state index contributed by atoms with van der Waals surface area (Å²) in [5.41, 5.74) is -0.428. The molecule has 1 saturated heterocycles. The molecule has 0 aliphatic carbocycles. The third kappa shape index (κ3) is 3.07. The number of carbonyl (C=O) groups is 1. The van der Waals surface area contributed by atoms with Gasteiger partial charge in [-0.2, -0.15) is 4.98 Å². The van der Waals surface area contributed by atoms with Crippen LogP contribution in [0.1, 0.15) is 37.9 Å². The Bertz CT molecular complexity index is 410. The van der Waals surface area contributed by atoms with Crippen molar-refractivity contribution < 1.29 is 9.32 Å². The molecule has 1 atom stereocenters. The first-order valence-corrected chi connectivity index (χ1v) is 6.43. The van der Waals surface area contributed by atoms with Crippen LogP contribution in [0, 0.1) is 6.92 Å². The summed E-state index contributed by atoms with van der Waals surface area (Å²) in [6.45, 7) is 5.17. The molecule has 100 valence electrons. The number of carbonyl (C=O) groups excluding carboxylic acids is 1. The summed E-state index contributed by atoms with van der Waals surface area (Å²) in [7, 11) is 0. The van der Waals surface area contributed by atoms with Crippen LogP contribution < -0.4 is 10.6 Å². The van der Waals surface area contributed by atoms with Crippen molar-refractivity contribution in [2.45, 2.75) is 45.1 Å². The smallest absolute Gasteiger partial charge is 0.240 e. The molecule has 0 saturated carbocycles. The third-order valence-electron chi connectivity index (χ3n) is 3.31. The predicted molar refractivity (Wildman–Crippen MR) is 66.0 cm³/mol. The van der Waals surface area contributed by atoms with E-state index in [9.17, 15) is 4.79 Å². The maximum atomic E-state index is 12.1. The Labute approximate surface area is 107 Å². The highest BCUT2D eigenvalue weighted by Crippen LogP contribution is 2.18. The van der Waals surface area contributed by atoms with E-state index in [0.29, 0.717) is 24.7 Å². The molecule has 1 aromatic heterocycles. The minimum absolute atomic E-state index is 0.0541. The lowest BCUT2D eigenvalue weighted by atomic mass is 9.90. The molecule has 0 radical (unpaired) electrons. The molecular weight excluding hydrogens is 232 g/mol. The molecule has 2 heterocycles. The van der Waals surface area contributed by atoms with Crippen molar-refractivity contribution in [2.75, 3.05) is 13.1 Å². The van der Waals surface area contributed by atoms with Crippen LogP contribution in [0.4, 0.5) is 0 Å². The van der Waals surface area contributed by atoms with E-state index in [0.717, 1.165) is 25.8 Å². The lowest BCUT2D eigenvalue weighted by Gasteiger charge is -2.33. The monoisotopic (exact) mass is 252 g/mol. The SMILES string of the molecule is Cc1noc(CCNC(=O)C2(C)CCCCN2)n1. The van der Waals surface area contributed by atoms with Crippen molar-refractivity contribution in [3.8, 4) is 0 Å². The molecule has 0 bridgehead atoms. The Balaban J connectivity index is 1.77. The fourth-order valence-corrected chi connectivity index (χ4v) is 2.17. The number of rotatable bonds is 4. The van der Waals surface area contributed by atoms with E-state index in [4.69, 9.17) is 4.52 Å². The minimum atomic E-state index is -0.428. The van der Waals surface area contributed by atoms with Crippen LogP contribution in [-0.2, 0) is 11.2 Å². The summed E-state index contributed by atoms with van der Waals surface area (Å²) >= 11 is 0. The Kier molecular flexibility index (Phi) is 3.96. The number of aromatic nitrogens is 2. The summed E-state index contributed by atoms with van der Waals surface area (Å²) in [6, 6.07) is 0. The van der Waals surface area contributed by atoms with Crippen LogP contribution >= 0.6 is 0 Å². The second-order valence-corrected chi connectivity index (χ2v) is 4.96. The van der Waals surface area contributed by atoms with Gasteiger partial charge in [-0.25, -0.2) is 0 Å². The highest BCUT2D eigenvalue weighted by atomic mass is 16.5. The Morgan fingerprint density at radius 1 is 1.56 bits per heavy atom.